The maximum atomic E-state index is 11.7. The van der Waals surface area contributed by atoms with Gasteiger partial charge in [-0.25, -0.2) is 13.4 Å². The molecule has 2 aromatic rings. The van der Waals surface area contributed by atoms with Gasteiger partial charge in [0, 0.05) is 13.1 Å². The molecule has 8 nitrogen and oxygen atoms in total. The van der Waals surface area contributed by atoms with E-state index in [1.807, 2.05) is 0 Å². The minimum atomic E-state index is -2.95. The second-order valence-corrected chi connectivity index (χ2v) is 7.07. The molecule has 0 amide bonds. The molecule has 0 spiro atoms. The third-order valence-electron chi connectivity index (χ3n) is 3.31. The van der Waals surface area contributed by atoms with Crippen LogP contribution in [0.25, 0.3) is 11.2 Å². The van der Waals surface area contributed by atoms with E-state index in [2.05, 4.69) is 30.6 Å². The fraction of sp³-hybridized carbons (Fsp3) is 0.545. The Bertz CT molecular complexity index is 726. The molecular weight excluding hydrogens is 280 g/mol. The lowest BCUT2D eigenvalue weighted by Crippen LogP contribution is -2.35. The highest BCUT2D eigenvalue weighted by Gasteiger charge is 2.25. The number of aromatic nitrogens is 4. The number of imidazole rings is 1. The molecule has 0 radical (unpaired) electrons. The van der Waals surface area contributed by atoms with Crippen LogP contribution in [0.2, 0.25) is 0 Å². The number of nitrogens with one attached hydrogen (secondary N) is 3. The second-order valence-electron chi connectivity index (χ2n) is 4.84. The quantitative estimate of drug-likeness (QED) is 0.750. The van der Waals surface area contributed by atoms with Crippen LogP contribution in [0.15, 0.2) is 6.33 Å². The lowest BCUT2D eigenvalue weighted by atomic mass is 10.2. The summed E-state index contributed by atoms with van der Waals surface area (Å²) in [4.78, 5) is 15.6. The molecule has 0 bridgehead atoms. The predicted octanol–water partition coefficient (Wildman–Crippen LogP) is 0.384. The summed E-state index contributed by atoms with van der Waals surface area (Å²) in [6, 6.07) is -0.125. The van der Waals surface area contributed by atoms with E-state index in [9.17, 15) is 8.42 Å². The smallest absolute Gasteiger partial charge is 0.226 e. The van der Waals surface area contributed by atoms with Crippen molar-refractivity contribution < 1.29 is 8.42 Å². The third-order valence-corrected chi connectivity index (χ3v) is 5.13. The zero-order valence-electron chi connectivity index (χ0n) is 11.0. The molecule has 3 N–H and O–H groups in total. The van der Waals surface area contributed by atoms with Gasteiger partial charge in [-0.05, 0) is 12.8 Å². The van der Waals surface area contributed by atoms with Gasteiger partial charge in [-0.1, -0.05) is 0 Å². The van der Waals surface area contributed by atoms with Crippen LogP contribution in [0.1, 0.15) is 12.8 Å². The van der Waals surface area contributed by atoms with Crippen molar-refractivity contribution in [2.75, 3.05) is 29.2 Å². The van der Waals surface area contributed by atoms with E-state index in [0.29, 0.717) is 29.4 Å². The molecular formula is C11H16N6O2S. The fourth-order valence-corrected chi connectivity index (χ4v) is 4.02. The van der Waals surface area contributed by atoms with Crippen molar-refractivity contribution in [3.05, 3.63) is 6.33 Å². The summed E-state index contributed by atoms with van der Waals surface area (Å²) >= 11 is 0. The van der Waals surface area contributed by atoms with Crippen LogP contribution < -0.4 is 10.6 Å². The summed E-state index contributed by atoms with van der Waals surface area (Å²) in [7, 11) is -1.23. The summed E-state index contributed by atoms with van der Waals surface area (Å²) in [6.45, 7) is 0. The molecule has 2 aromatic heterocycles. The van der Waals surface area contributed by atoms with Crippen molar-refractivity contribution in [1.29, 1.82) is 0 Å². The van der Waals surface area contributed by atoms with Crippen LogP contribution in [-0.2, 0) is 9.84 Å². The zero-order chi connectivity index (χ0) is 14.2. The largest absolute Gasteiger partial charge is 0.364 e. The normalized spacial score (nSPS) is 21.8. The number of sulfone groups is 1. The van der Waals surface area contributed by atoms with E-state index >= 15 is 0 Å². The van der Waals surface area contributed by atoms with Crippen molar-refractivity contribution in [3.8, 4) is 0 Å². The number of H-pyrrole nitrogens is 1. The lowest BCUT2D eigenvalue weighted by Gasteiger charge is -2.23. The summed E-state index contributed by atoms with van der Waals surface area (Å²) in [5, 5.41) is 6.07. The van der Waals surface area contributed by atoms with E-state index in [-0.39, 0.29) is 17.5 Å². The zero-order valence-corrected chi connectivity index (χ0v) is 11.9. The Hall–Kier alpha value is -1.90. The molecule has 1 saturated heterocycles. The van der Waals surface area contributed by atoms with Gasteiger partial charge in [0.25, 0.3) is 0 Å². The Labute approximate surface area is 116 Å². The Kier molecular flexibility index (Phi) is 3.20. The maximum Gasteiger partial charge on any atom is 0.226 e. The first-order valence-electron chi connectivity index (χ1n) is 6.43. The SMILES string of the molecule is CNc1nc(NC2CCCS(=O)(=O)C2)c2[nH]cnc2n1. The van der Waals surface area contributed by atoms with Gasteiger partial charge < -0.3 is 15.6 Å². The molecule has 3 rings (SSSR count). The average Bonchev–Trinajstić information content (AvgIpc) is 2.85. The molecule has 0 saturated carbocycles. The lowest BCUT2D eigenvalue weighted by molar-refractivity contribution is 0.561. The first kappa shape index (κ1) is 13.1. The molecule has 1 atom stereocenters. The number of anilines is 2. The Morgan fingerprint density at radius 1 is 1.40 bits per heavy atom. The number of hydrogen-bond donors (Lipinski definition) is 3. The van der Waals surface area contributed by atoms with Crippen molar-refractivity contribution in [3.63, 3.8) is 0 Å². The van der Waals surface area contributed by atoms with E-state index in [4.69, 9.17) is 0 Å². The molecule has 0 aliphatic carbocycles. The van der Waals surface area contributed by atoms with Gasteiger partial charge in [0.05, 0.1) is 17.8 Å². The molecule has 1 unspecified atom stereocenters. The van der Waals surface area contributed by atoms with Crippen molar-refractivity contribution in [1.82, 2.24) is 19.9 Å². The van der Waals surface area contributed by atoms with Gasteiger partial charge >= 0.3 is 0 Å². The summed E-state index contributed by atoms with van der Waals surface area (Å²) in [5.74, 6) is 1.45. The highest BCUT2D eigenvalue weighted by atomic mass is 32.2. The van der Waals surface area contributed by atoms with E-state index in [0.717, 1.165) is 6.42 Å². The van der Waals surface area contributed by atoms with Gasteiger partial charge in [-0.15, -0.1) is 0 Å². The summed E-state index contributed by atoms with van der Waals surface area (Å²) in [6.07, 6.45) is 3.03. The van der Waals surface area contributed by atoms with E-state index < -0.39 is 9.84 Å². The number of rotatable bonds is 3. The monoisotopic (exact) mass is 296 g/mol. The van der Waals surface area contributed by atoms with Crippen molar-refractivity contribution in [2.45, 2.75) is 18.9 Å². The predicted molar refractivity (Wildman–Crippen MR) is 76.5 cm³/mol. The van der Waals surface area contributed by atoms with Crippen LogP contribution in [-0.4, -0.2) is 52.9 Å². The van der Waals surface area contributed by atoms with Crippen molar-refractivity contribution in [2.24, 2.45) is 0 Å². The van der Waals surface area contributed by atoms with Gasteiger partial charge in [0.15, 0.2) is 21.3 Å². The van der Waals surface area contributed by atoms with Gasteiger partial charge in [0.1, 0.15) is 5.52 Å². The molecule has 1 aliphatic rings. The first-order chi connectivity index (χ1) is 9.57. The highest BCUT2D eigenvalue weighted by molar-refractivity contribution is 7.91. The minimum absolute atomic E-state index is 0.125. The molecule has 3 heterocycles. The topological polar surface area (TPSA) is 113 Å². The number of hydrogen-bond acceptors (Lipinski definition) is 7. The van der Waals surface area contributed by atoms with E-state index in [1.165, 1.54) is 0 Å². The molecule has 9 heteroatoms. The molecule has 1 aliphatic heterocycles. The maximum absolute atomic E-state index is 11.7. The van der Waals surface area contributed by atoms with Crippen LogP contribution in [0.4, 0.5) is 11.8 Å². The van der Waals surface area contributed by atoms with Crippen LogP contribution in [0.5, 0.6) is 0 Å². The summed E-state index contributed by atoms with van der Waals surface area (Å²) < 4.78 is 23.4. The number of aromatic amines is 1. The third kappa shape index (κ3) is 2.53. The second kappa shape index (κ2) is 4.89. The van der Waals surface area contributed by atoms with Gasteiger partial charge in [0.2, 0.25) is 5.95 Å². The molecule has 1 fully saturated rings. The van der Waals surface area contributed by atoms with Crippen LogP contribution in [0, 0.1) is 0 Å². The standard InChI is InChI=1S/C11H16N6O2S/c1-12-11-16-9-8(13-6-14-9)10(17-11)15-7-3-2-4-20(18,19)5-7/h6-7H,2-5H2,1H3,(H3,12,13,14,15,16,17). The molecule has 0 aromatic carbocycles. The van der Waals surface area contributed by atoms with Crippen LogP contribution >= 0.6 is 0 Å². The molecule has 20 heavy (non-hydrogen) atoms. The molecule has 108 valence electrons. The van der Waals surface area contributed by atoms with E-state index in [1.54, 1.807) is 13.4 Å². The number of nitrogens with zero attached hydrogens (tertiary/aromatic N) is 3. The van der Waals surface area contributed by atoms with Crippen LogP contribution in [0.3, 0.4) is 0 Å². The Morgan fingerprint density at radius 3 is 3.00 bits per heavy atom. The first-order valence-corrected chi connectivity index (χ1v) is 8.25. The Balaban J connectivity index is 1.91. The van der Waals surface area contributed by atoms with Crippen molar-refractivity contribution >= 4 is 32.8 Å². The highest BCUT2D eigenvalue weighted by Crippen LogP contribution is 2.22. The van der Waals surface area contributed by atoms with Gasteiger partial charge in [-0.3, -0.25) is 0 Å². The Morgan fingerprint density at radius 2 is 2.25 bits per heavy atom. The number of fused-ring (bicyclic) bond motifs is 1. The average molecular weight is 296 g/mol. The fourth-order valence-electron chi connectivity index (χ4n) is 2.38. The minimum Gasteiger partial charge on any atom is -0.364 e. The summed E-state index contributed by atoms with van der Waals surface area (Å²) in [5.41, 5.74) is 1.23. The van der Waals surface area contributed by atoms with Gasteiger partial charge in [-0.2, -0.15) is 9.97 Å².